The molecule has 62 valence electrons. The molecule has 0 saturated heterocycles. The predicted molar refractivity (Wildman–Crippen MR) is 51.9 cm³/mol. The average molecular weight is 159 g/mol. The molecule has 1 N–H and O–H groups in total. The first-order chi connectivity index (χ1) is 4.29. The lowest BCUT2D eigenvalue weighted by molar-refractivity contribution is 0.471. The lowest BCUT2D eigenvalue weighted by Gasteiger charge is -2.14. The summed E-state index contributed by atoms with van der Waals surface area (Å²) in [6.07, 6.45) is 5.67. The Morgan fingerprint density at radius 2 is 1.70 bits per heavy atom. The van der Waals surface area contributed by atoms with Gasteiger partial charge in [0.2, 0.25) is 0 Å². The van der Waals surface area contributed by atoms with E-state index in [2.05, 4.69) is 19.2 Å². The Balaban J connectivity index is 0.000000810. The second kappa shape index (κ2) is 4.91. The van der Waals surface area contributed by atoms with E-state index in [0.717, 1.165) is 6.04 Å². The molecular weight excluding hydrogens is 138 g/mol. The second-order valence-corrected chi connectivity index (χ2v) is 3.30. The van der Waals surface area contributed by atoms with Crippen LogP contribution in [-0.4, -0.2) is 23.0 Å². The summed E-state index contributed by atoms with van der Waals surface area (Å²) >= 11 is 0. The first-order valence-corrected chi connectivity index (χ1v) is 4.05. The van der Waals surface area contributed by atoms with E-state index in [1.165, 1.54) is 25.7 Å². The predicted octanol–water partition coefficient (Wildman–Crippen LogP) is 0.475. The van der Waals surface area contributed by atoms with Gasteiger partial charge < -0.3 is 5.32 Å². The van der Waals surface area contributed by atoms with Crippen molar-refractivity contribution in [3.8, 4) is 0 Å². The van der Waals surface area contributed by atoms with Crippen LogP contribution in [0.1, 0.15) is 39.5 Å². The van der Waals surface area contributed by atoms with Gasteiger partial charge >= 0.3 is 0 Å². The molecule has 2 heteroatoms. The van der Waals surface area contributed by atoms with Crippen molar-refractivity contribution in [1.82, 2.24) is 5.32 Å². The van der Waals surface area contributed by atoms with Gasteiger partial charge in [-0.2, -0.15) is 0 Å². The van der Waals surface area contributed by atoms with Crippen LogP contribution in [0.4, 0.5) is 0 Å². The van der Waals surface area contributed by atoms with Crippen LogP contribution in [0, 0.1) is 0 Å². The molecule has 0 aliphatic heterocycles. The van der Waals surface area contributed by atoms with Crippen molar-refractivity contribution in [2.45, 2.75) is 51.6 Å². The average Bonchev–Trinajstić information content (AvgIpc) is 2.15. The fourth-order valence-corrected chi connectivity index (χ4v) is 1.56. The fraction of sp³-hybridized carbons (Fsp3) is 1.00. The Bertz CT molecular complexity index is 77.3. The van der Waals surface area contributed by atoms with Crippen LogP contribution >= 0.6 is 0 Å². The van der Waals surface area contributed by atoms with Crippen LogP contribution in [-0.2, 0) is 0 Å². The zero-order chi connectivity index (χ0) is 6.69. The van der Waals surface area contributed by atoms with Crippen LogP contribution in [0.15, 0.2) is 0 Å². The topological polar surface area (TPSA) is 12.0 Å². The minimum atomic E-state index is 0. The summed E-state index contributed by atoms with van der Waals surface area (Å²) in [5, 5.41) is 3.54. The summed E-state index contributed by atoms with van der Waals surface area (Å²) in [7, 11) is 0. The van der Waals surface area contributed by atoms with Crippen molar-refractivity contribution in [3.63, 3.8) is 0 Å². The fourth-order valence-electron chi connectivity index (χ4n) is 1.56. The molecule has 0 heterocycles. The Hall–Kier alpha value is 0.177. The Labute approximate surface area is 68.6 Å². The molecule has 1 rings (SSSR count). The SMILES string of the molecule is CC(C)NC1CCCC1.[SiH4]. The van der Waals surface area contributed by atoms with Gasteiger partial charge in [0, 0.05) is 12.1 Å². The molecule has 0 aromatic carbocycles. The van der Waals surface area contributed by atoms with Crippen LogP contribution < -0.4 is 5.32 Å². The third kappa shape index (κ3) is 3.37. The molecule has 10 heavy (non-hydrogen) atoms. The molecule has 0 unspecified atom stereocenters. The Morgan fingerprint density at radius 3 is 2.10 bits per heavy atom. The van der Waals surface area contributed by atoms with E-state index < -0.39 is 0 Å². The van der Waals surface area contributed by atoms with Crippen molar-refractivity contribution in [1.29, 1.82) is 0 Å². The monoisotopic (exact) mass is 159 g/mol. The molecular formula is C8H21NSi. The molecule has 0 aromatic heterocycles. The molecule has 0 spiro atoms. The van der Waals surface area contributed by atoms with Gasteiger partial charge in [-0.15, -0.1) is 0 Å². The van der Waals surface area contributed by atoms with Crippen molar-refractivity contribution in [2.24, 2.45) is 0 Å². The minimum absolute atomic E-state index is 0. The van der Waals surface area contributed by atoms with Gasteiger partial charge in [-0.3, -0.25) is 0 Å². The Morgan fingerprint density at radius 1 is 1.20 bits per heavy atom. The molecule has 0 atom stereocenters. The van der Waals surface area contributed by atoms with E-state index in [-0.39, 0.29) is 11.0 Å². The first kappa shape index (κ1) is 10.2. The van der Waals surface area contributed by atoms with Crippen molar-refractivity contribution >= 4 is 11.0 Å². The van der Waals surface area contributed by atoms with Gasteiger partial charge in [-0.05, 0) is 23.8 Å². The molecule has 1 nitrogen and oxygen atoms in total. The van der Waals surface area contributed by atoms with E-state index in [1.54, 1.807) is 0 Å². The maximum Gasteiger partial charge on any atom is 0.00694 e. The van der Waals surface area contributed by atoms with Crippen molar-refractivity contribution in [2.75, 3.05) is 0 Å². The maximum absolute atomic E-state index is 3.54. The van der Waals surface area contributed by atoms with Crippen LogP contribution in [0.25, 0.3) is 0 Å². The molecule has 0 bridgehead atoms. The second-order valence-electron chi connectivity index (χ2n) is 3.30. The molecule has 0 radical (unpaired) electrons. The van der Waals surface area contributed by atoms with Gasteiger partial charge in [0.25, 0.3) is 0 Å². The largest absolute Gasteiger partial charge is 0.312 e. The third-order valence-corrected chi connectivity index (χ3v) is 1.92. The van der Waals surface area contributed by atoms with Crippen molar-refractivity contribution < 1.29 is 0 Å². The van der Waals surface area contributed by atoms with Gasteiger partial charge in [0.05, 0.1) is 0 Å². The molecule has 1 saturated carbocycles. The van der Waals surface area contributed by atoms with Gasteiger partial charge in [0.1, 0.15) is 0 Å². The minimum Gasteiger partial charge on any atom is -0.312 e. The van der Waals surface area contributed by atoms with Gasteiger partial charge in [-0.1, -0.05) is 26.7 Å². The highest BCUT2D eigenvalue weighted by molar-refractivity contribution is 5.75. The third-order valence-electron chi connectivity index (χ3n) is 1.92. The zero-order valence-corrected chi connectivity index (χ0v) is 6.48. The maximum atomic E-state index is 3.54. The van der Waals surface area contributed by atoms with E-state index in [1.807, 2.05) is 0 Å². The molecule has 0 amide bonds. The van der Waals surface area contributed by atoms with E-state index in [0.29, 0.717) is 6.04 Å². The van der Waals surface area contributed by atoms with E-state index >= 15 is 0 Å². The molecule has 1 aliphatic rings. The number of hydrogen-bond acceptors (Lipinski definition) is 1. The summed E-state index contributed by atoms with van der Waals surface area (Å²) in [6.45, 7) is 4.44. The standard InChI is InChI=1S/C8H17N.H4Si/c1-7(2)9-8-5-3-4-6-8;/h7-9H,3-6H2,1-2H3;1H4. The van der Waals surface area contributed by atoms with E-state index in [4.69, 9.17) is 0 Å². The quantitative estimate of drug-likeness (QED) is 0.578. The lowest BCUT2D eigenvalue weighted by atomic mass is 10.2. The van der Waals surface area contributed by atoms with Crippen molar-refractivity contribution in [3.05, 3.63) is 0 Å². The molecule has 0 aromatic rings. The number of rotatable bonds is 2. The lowest BCUT2D eigenvalue weighted by Crippen LogP contribution is -2.32. The summed E-state index contributed by atoms with van der Waals surface area (Å²) in [5.41, 5.74) is 0. The normalized spacial score (nSPS) is 19.5. The van der Waals surface area contributed by atoms with E-state index in [9.17, 15) is 0 Å². The number of nitrogens with one attached hydrogen (secondary N) is 1. The van der Waals surface area contributed by atoms with Gasteiger partial charge in [0.15, 0.2) is 0 Å². The molecule has 1 aliphatic carbocycles. The van der Waals surface area contributed by atoms with Gasteiger partial charge in [-0.25, -0.2) is 0 Å². The highest BCUT2D eigenvalue weighted by Gasteiger charge is 2.14. The summed E-state index contributed by atoms with van der Waals surface area (Å²) in [6, 6.07) is 1.51. The molecule has 1 fully saturated rings. The number of hydrogen-bond donors (Lipinski definition) is 1. The smallest absolute Gasteiger partial charge is 0.00694 e. The van der Waals surface area contributed by atoms with Crippen LogP contribution in [0.2, 0.25) is 0 Å². The van der Waals surface area contributed by atoms with Crippen LogP contribution in [0.3, 0.4) is 0 Å². The summed E-state index contributed by atoms with van der Waals surface area (Å²) < 4.78 is 0. The first-order valence-electron chi connectivity index (χ1n) is 4.05. The zero-order valence-electron chi connectivity index (χ0n) is 6.48. The Kier molecular flexibility index (Phi) is 5.00. The highest BCUT2D eigenvalue weighted by atomic mass is 28.1. The highest BCUT2D eigenvalue weighted by Crippen LogP contribution is 2.17. The summed E-state index contributed by atoms with van der Waals surface area (Å²) in [4.78, 5) is 0. The summed E-state index contributed by atoms with van der Waals surface area (Å²) in [5.74, 6) is 0. The van der Waals surface area contributed by atoms with Crippen LogP contribution in [0.5, 0.6) is 0 Å².